The highest BCUT2D eigenvalue weighted by atomic mass is 32.2. The molecule has 1 N–H and O–H groups in total. The lowest BCUT2D eigenvalue weighted by atomic mass is 10.1. The molecule has 0 unspecified atom stereocenters. The fourth-order valence-corrected chi connectivity index (χ4v) is 3.07. The van der Waals surface area contributed by atoms with Gasteiger partial charge in [-0.15, -0.1) is 10.2 Å². The van der Waals surface area contributed by atoms with Crippen molar-refractivity contribution in [3.63, 3.8) is 0 Å². The zero-order chi connectivity index (χ0) is 15.5. The minimum Gasteiger partial charge on any atom is -0.481 e. The number of aromatic nitrogens is 3. The van der Waals surface area contributed by atoms with E-state index in [1.54, 1.807) is 11.8 Å². The summed E-state index contributed by atoms with van der Waals surface area (Å²) in [4.78, 5) is 10.3. The topological polar surface area (TPSA) is 68.0 Å². The minimum atomic E-state index is -0.675. The van der Waals surface area contributed by atoms with Crippen molar-refractivity contribution in [1.82, 2.24) is 14.8 Å². The van der Waals surface area contributed by atoms with Gasteiger partial charge in [0.05, 0.1) is 0 Å². The monoisotopic (exact) mass is 313 g/mol. The van der Waals surface area contributed by atoms with Crippen LogP contribution in [0.25, 0.3) is 0 Å². The van der Waals surface area contributed by atoms with Gasteiger partial charge in [0.25, 0.3) is 0 Å². The van der Waals surface area contributed by atoms with Gasteiger partial charge in [-0.2, -0.15) is 0 Å². The highest BCUT2D eigenvalue weighted by Crippen LogP contribution is 2.18. The van der Waals surface area contributed by atoms with Crippen LogP contribution in [0.4, 0.5) is 0 Å². The quantitative estimate of drug-likeness (QED) is 0.469. The molecule has 0 bridgehead atoms. The van der Waals surface area contributed by atoms with Gasteiger partial charge in [-0.3, -0.25) is 4.79 Å². The van der Waals surface area contributed by atoms with Crippen molar-refractivity contribution in [2.75, 3.05) is 5.75 Å². The third-order valence-electron chi connectivity index (χ3n) is 3.57. The molecule has 0 aromatic carbocycles. The maximum Gasteiger partial charge on any atom is 0.303 e. The predicted molar refractivity (Wildman–Crippen MR) is 85.7 cm³/mol. The van der Waals surface area contributed by atoms with E-state index in [1.807, 2.05) is 18.5 Å². The number of carboxylic acids is 1. The Morgan fingerprint density at radius 3 is 2.14 bits per heavy atom. The van der Waals surface area contributed by atoms with Crippen LogP contribution in [0.3, 0.4) is 0 Å². The highest BCUT2D eigenvalue weighted by molar-refractivity contribution is 7.99. The van der Waals surface area contributed by atoms with E-state index in [0.29, 0.717) is 6.42 Å². The van der Waals surface area contributed by atoms with Crippen LogP contribution in [0.15, 0.2) is 5.16 Å². The molecule has 120 valence electrons. The summed E-state index contributed by atoms with van der Waals surface area (Å²) >= 11 is 1.78. The molecule has 0 spiro atoms. The SMILES string of the molecule is Cc1nnc(SCCCCCCCCCCC(=O)O)n1C. The number of hydrogen-bond donors (Lipinski definition) is 1. The Kier molecular flexibility index (Phi) is 9.14. The number of aliphatic carboxylic acids is 1. The van der Waals surface area contributed by atoms with Gasteiger partial charge in [0.2, 0.25) is 0 Å². The number of carbonyl (C=O) groups is 1. The number of unbranched alkanes of at least 4 members (excludes halogenated alkanes) is 7. The maximum atomic E-state index is 10.3. The summed E-state index contributed by atoms with van der Waals surface area (Å²) in [6.07, 6.45) is 9.61. The lowest BCUT2D eigenvalue weighted by Gasteiger charge is -2.03. The van der Waals surface area contributed by atoms with Crippen molar-refractivity contribution < 1.29 is 9.90 Å². The van der Waals surface area contributed by atoms with E-state index >= 15 is 0 Å². The van der Waals surface area contributed by atoms with Crippen molar-refractivity contribution in [2.24, 2.45) is 7.05 Å². The van der Waals surface area contributed by atoms with Gasteiger partial charge < -0.3 is 9.67 Å². The number of thioether (sulfide) groups is 1. The summed E-state index contributed by atoms with van der Waals surface area (Å²) in [5, 5.41) is 17.7. The predicted octanol–water partition coefficient (Wildman–Crippen LogP) is 3.81. The summed E-state index contributed by atoms with van der Waals surface area (Å²) in [6, 6.07) is 0. The molecule has 5 nitrogen and oxygen atoms in total. The Balaban J connectivity index is 1.87. The van der Waals surface area contributed by atoms with Gasteiger partial charge in [-0.25, -0.2) is 0 Å². The Bertz CT molecular complexity index is 421. The van der Waals surface area contributed by atoms with E-state index in [4.69, 9.17) is 5.11 Å². The van der Waals surface area contributed by atoms with Crippen molar-refractivity contribution in [3.05, 3.63) is 5.82 Å². The van der Waals surface area contributed by atoms with Gasteiger partial charge in [0.15, 0.2) is 5.16 Å². The highest BCUT2D eigenvalue weighted by Gasteiger charge is 2.04. The van der Waals surface area contributed by atoms with Gasteiger partial charge >= 0.3 is 5.97 Å². The van der Waals surface area contributed by atoms with Crippen molar-refractivity contribution in [1.29, 1.82) is 0 Å². The largest absolute Gasteiger partial charge is 0.481 e. The standard InChI is InChI=1S/C15H27N3O2S/c1-13-16-17-15(18(13)2)21-12-10-8-6-4-3-5-7-9-11-14(19)20/h3-12H2,1-2H3,(H,19,20). The molecule has 0 atom stereocenters. The molecule has 0 aliphatic carbocycles. The van der Waals surface area contributed by atoms with E-state index in [2.05, 4.69) is 10.2 Å². The maximum absolute atomic E-state index is 10.3. The Morgan fingerprint density at radius 2 is 1.62 bits per heavy atom. The number of hydrogen-bond acceptors (Lipinski definition) is 4. The van der Waals surface area contributed by atoms with Crippen LogP contribution in [0.2, 0.25) is 0 Å². The van der Waals surface area contributed by atoms with Crippen LogP contribution in [0.1, 0.15) is 63.6 Å². The third kappa shape index (κ3) is 8.09. The van der Waals surface area contributed by atoms with E-state index < -0.39 is 5.97 Å². The van der Waals surface area contributed by atoms with Crippen LogP contribution >= 0.6 is 11.8 Å². The second kappa shape index (κ2) is 10.7. The van der Waals surface area contributed by atoms with E-state index in [-0.39, 0.29) is 0 Å². The molecule has 1 rings (SSSR count). The number of aryl methyl sites for hydroxylation is 1. The van der Waals surface area contributed by atoms with Crippen LogP contribution in [-0.4, -0.2) is 31.6 Å². The minimum absolute atomic E-state index is 0.318. The first kappa shape index (κ1) is 18.0. The Hall–Kier alpha value is -1.04. The first-order chi connectivity index (χ1) is 10.1. The lowest BCUT2D eigenvalue weighted by Crippen LogP contribution is -1.94. The molecule has 0 aliphatic heterocycles. The molecule has 0 aliphatic rings. The lowest BCUT2D eigenvalue weighted by molar-refractivity contribution is -0.137. The molecule has 0 saturated carbocycles. The summed E-state index contributed by atoms with van der Waals surface area (Å²) in [5.41, 5.74) is 0. The van der Waals surface area contributed by atoms with Gasteiger partial charge in [0.1, 0.15) is 5.82 Å². The Labute approximate surface area is 131 Å². The molecule has 1 aromatic heterocycles. The van der Waals surface area contributed by atoms with E-state index in [0.717, 1.165) is 29.6 Å². The Morgan fingerprint density at radius 1 is 1.05 bits per heavy atom. The average Bonchev–Trinajstić information content (AvgIpc) is 2.76. The van der Waals surface area contributed by atoms with E-state index in [9.17, 15) is 4.79 Å². The zero-order valence-corrected chi connectivity index (χ0v) is 14.0. The molecular weight excluding hydrogens is 286 g/mol. The van der Waals surface area contributed by atoms with Gasteiger partial charge in [0, 0.05) is 19.2 Å². The molecule has 0 fully saturated rings. The normalized spacial score (nSPS) is 11.0. The second-order valence-electron chi connectivity index (χ2n) is 5.41. The van der Waals surface area contributed by atoms with Crippen molar-refractivity contribution in [2.45, 2.75) is 69.9 Å². The molecule has 0 amide bonds. The fourth-order valence-electron chi connectivity index (χ4n) is 2.12. The molecule has 1 aromatic rings. The van der Waals surface area contributed by atoms with Crippen LogP contribution < -0.4 is 0 Å². The molecule has 1 heterocycles. The second-order valence-corrected chi connectivity index (χ2v) is 6.47. The summed E-state index contributed by atoms with van der Waals surface area (Å²) in [5.74, 6) is 1.39. The molecule has 0 saturated heterocycles. The van der Waals surface area contributed by atoms with Crippen molar-refractivity contribution >= 4 is 17.7 Å². The summed E-state index contributed by atoms with van der Waals surface area (Å²) in [7, 11) is 2.00. The summed E-state index contributed by atoms with van der Waals surface area (Å²) in [6.45, 7) is 1.97. The number of nitrogens with zero attached hydrogens (tertiary/aromatic N) is 3. The summed E-state index contributed by atoms with van der Waals surface area (Å²) < 4.78 is 2.03. The number of carboxylic acid groups (broad SMARTS) is 1. The van der Waals surface area contributed by atoms with Crippen LogP contribution in [0.5, 0.6) is 0 Å². The van der Waals surface area contributed by atoms with Gasteiger partial charge in [-0.1, -0.05) is 50.3 Å². The van der Waals surface area contributed by atoms with Crippen LogP contribution in [-0.2, 0) is 11.8 Å². The smallest absolute Gasteiger partial charge is 0.303 e. The fraction of sp³-hybridized carbons (Fsp3) is 0.800. The average molecular weight is 313 g/mol. The van der Waals surface area contributed by atoms with Gasteiger partial charge in [-0.05, 0) is 19.8 Å². The third-order valence-corrected chi connectivity index (χ3v) is 4.68. The zero-order valence-electron chi connectivity index (χ0n) is 13.2. The first-order valence-corrected chi connectivity index (χ1v) is 8.80. The molecule has 6 heteroatoms. The first-order valence-electron chi connectivity index (χ1n) is 7.82. The number of rotatable bonds is 12. The molecule has 0 radical (unpaired) electrons. The van der Waals surface area contributed by atoms with E-state index in [1.165, 1.54) is 38.5 Å². The molecule has 21 heavy (non-hydrogen) atoms. The molecular formula is C15H27N3O2S. The van der Waals surface area contributed by atoms with Crippen molar-refractivity contribution in [3.8, 4) is 0 Å². The van der Waals surface area contributed by atoms with Crippen LogP contribution in [0, 0.1) is 6.92 Å².